The topological polar surface area (TPSA) is 88.4 Å². The maximum Gasteiger partial charge on any atom is 0.352 e. The monoisotopic (exact) mass is 334 g/mol. The number of aromatic nitrogens is 1. The van der Waals surface area contributed by atoms with E-state index in [9.17, 15) is 13.2 Å². The van der Waals surface area contributed by atoms with E-state index in [0.717, 1.165) is 12.2 Å². The summed E-state index contributed by atoms with van der Waals surface area (Å²) >= 11 is 1.65. The Bertz CT molecular complexity index is 593. The molecule has 0 aromatic carbocycles. The molecule has 0 amide bonds. The van der Waals surface area contributed by atoms with Gasteiger partial charge in [-0.25, -0.2) is 17.9 Å². The maximum atomic E-state index is 12.3. The minimum Gasteiger partial charge on any atom is -0.477 e. The molecule has 120 valence electrons. The summed E-state index contributed by atoms with van der Waals surface area (Å²) in [4.78, 5) is 11.2. The van der Waals surface area contributed by atoms with Crippen LogP contribution in [0.25, 0.3) is 0 Å². The molecule has 8 heteroatoms. The summed E-state index contributed by atoms with van der Waals surface area (Å²) < 4.78 is 28.6. The normalized spacial score (nSPS) is 13.6. The first-order chi connectivity index (χ1) is 9.69. The van der Waals surface area contributed by atoms with Gasteiger partial charge in [0.15, 0.2) is 0 Å². The molecule has 1 unspecified atom stereocenters. The third-order valence-electron chi connectivity index (χ3n) is 3.02. The second-order valence-electron chi connectivity index (χ2n) is 5.17. The van der Waals surface area contributed by atoms with E-state index in [1.807, 2.05) is 6.26 Å². The Labute approximate surface area is 130 Å². The number of carboxylic acids is 1. The van der Waals surface area contributed by atoms with Gasteiger partial charge >= 0.3 is 5.97 Å². The van der Waals surface area contributed by atoms with E-state index in [1.54, 1.807) is 32.5 Å². The third-order valence-corrected chi connectivity index (χ3v) is 5.22. The zero-order valence-corrected chi connectivity index (χ0v) is 14.3. The summed E-state index contributed by atoms with van der Waals surface area (Å²) in [6.45, 7) is 5.40. The SMILES string of the molecule is CSCCC(C)NS(=O)(=O)c1cc(C(=O)O)n(C(C)C)c1. The molecule has 1 atom stereocenters. The molecule has 1 aromatic rings. The highest BCUT2D eigenvalue weighted by atomic mass is 32.2. The standard InChI is InChI=1S/C13H22N2O4S2/c1-9(2)15-8-11(7-12(15)13(16)17)21(18,19)14-10(3)5-6-20-4/h7-10,14H,5-6H2,1-4H3,(H,16,17). The Balaban J connectivity index is 3.03. The van der Waals surface area contributed by atoms with E-state index in [1.165, 1.54) is 16.8 Å². The average Bonchev–Trinajstić information content (AvgIpc) is 2.81. The molecule has 21 heavy (non-hydrogen) atoms. The fourth-order valence-electron chi connectivity index (χ4n) is 1.89. The number of hydrogen-bond donors (Lipinski definition) is 2. The molecule has 0 spiro atoms. The van der Waals surface area contributed by atoms with Crippen molar-refractivity contribution >= 4 is 27.8 Å². The van der Waals surface area contributed by atoms with Crippen LogP contribution in [0.1, 0.15) is 43.7 Å². The predicted molar refractivity (Wildman–Crippen MR) is 84.6 cm³/mol. The first kappa shape index (κ1) is 18.1. The maximum absolute atomic E-state index is 12.3. The number of hydrogen-bond acceptors (Lipinski definition) is 4. The van der Waals surface area contributed by atoms with Crippen molar-refractivity contribution in [3.05, 3.63) is 18.0 Å². The lowest BCUT2D eigenvalue weighted by atomic mass is 10.3. The van der Waals surface area contributed by atoms with E-state index < -0.39 is 16.0 Å². The minimum absolute atomic E-state index is 0.00963. The van der Waals surface area contributed by atoms with Gasteiger partial charge < -0.3 is 9.67 Å². The molecule has 2 N–H and O–H groups in total. The van der Waals surface area contributed by atoms with Crippen LogP contribution in [0.3, 0.4) is 0 Å². The fraction of sp³-hybridized carbons (Fsp3) is 0.615. The first-order valence-electron chi connectivity index (χ1n) is 6.65. The van der Waals surface area contributed by atoms with Crippen LogP contribution >= 0.6 is 11.8 Å². The molecule has 0 saturated heterocycles. The van der Waals surface area contributed by atoms with E-state index in [4.69, 9.17) is 5.11 Å². The lowest BCUT2D eigenvalue weighted by Crippen LogP contribution is -2.32. The number of nitrogens with one attached hydrogen (secondary N) is 1. The molecule has 0 fully saturated rings. The second-order valence-corrected chi connectivity index (χ2v) is 7.87. The lowest BCUT2D eigenvalue weighted by molar-refractivity contribution is 0.0683. The Morgan fingerprint density at radius 3 is 2.48 bits per heavy atom. The zero-order chi connectivity index (χ0) is 16.2. The molecule has 0 radical (unpaired) electrons. The summed E-state index contributed by atoms with van der Waals surface area (Å²) in [6.07, 6.45) is 4.05. The summed E-state index contributed by atoms with van der Waals surface area (Å²) in [5, 5.41) is 9.15. The van der Waals surface area contributed by atoms with Gasteiger partial charge in [-0.15, -0.1) is 0 Å². The predicted octanol–water partition coefficient (Wildman–Crippen LogP) is 2.19. The second kappa shape index (κ2) is 7.33. The Hall–Kier alpha value is -0.990. The van der Waals surface area contributed by atoms with Crippen LogP contribution in [-0.2, 0) is 10.0 Å². The molecule has 1 aromatic heterocycles. The number of thioether (sulfide) groups is 1. The van der Waals surface area contributed by atoms with Gasteiger partial charge in [0.25, 0.3) is 0 Å². The van der Waals surface area contributed by atoms with E-state index in [-0.39, 0.29) is 22.7 Å². The van der Waals surface area contributed by atoms with Gasteiger partial charge in [-0.2, -0.15) is 11.8 Å². The van der Waals surface area contributed by atoms with Crippen molar-refractivity contribution in [3.63, 3.8) is 0 Å². The van der Waals surface area contributed by atoms with Gasteiger partial charge in [-0.1, -0.05) is 0 Å². The van der Waals surface area contributed by atoms with Crippen LogP contribution in [0, 0.1) is 0 Å². The number of carboxylic acid groups (broad SMARTS) is 1. The first-order valence-corrected chi connectivity index (χ1v) is 9.53. The van der Waals surface area contributed by atoms with Crippen molar-refractivity contribution < 1.29 is 18.3 Å². The quantitative estimate of drug-likeness (QED) is 0.761. The number of sulfonamides is 1. The molecule has 0 saturated carbocycles. The highest BCUT2D eigenvalue weighted by Crippen LogP contribution is 2.19. The molecular formula is C13H22N2O4S2. The van der Waals surface area contributed by atoms with Crippen molar-refractivity contribution in [2.24, 2.45) is 0 Å². The summed E-state index contributed by atoms with van der Waals surface area (Å²) in [6, 6.07) is 0.874. The molecular weight excluding hydrogens is 312 g/mol. The summed E-state index contributed by atoms with van der Waals surface area (Å²) in [5.41, 5.74) is -0.0258. The van der Waals surface area contributed by atoms with Crippen LogP contribution in [0.4, 0.5) is 0 Å². The highest BCUT2D eigenvalue weighted by molar-refractivity contribution is 7.98. The molecule has 0 bridgehead atoms. The smallest absolute Gasteiger partial charge is 0.352 e. The van der Waals surface area contributed by atoms with E-state index >= 15 is 0 Å². The molecule has 0 aliphatic carbocycles. The van der Waals surface area contributed by atoms with Crippen LogP contribution < -0.4 is 4.72 Å². The Kier molecular flexibility index (Phi) is 6.30. The number of rotatable bonds is 8. The van der Waals surface area contributed by atoms with Crippen molar-refractivity contribution in [1.82, 2.24) is 9.29 Å². The summed E-state index contributed by atoms with van der Waals surface area (Å²) in [7, 11) is -3.70. The van der Waals surface area contributed by atoms with Gasteiger partial charge in [0.05, 0.1) is 0 Å². The van der Waals surface area contributed by atoms with Gasteiger partial charge in [0.2, 0.25) is 10.0 Å². The minimum atomic E-state index is -3.70. The fourth-order valence-corrected chi connectivity index (χ4v) is 3.78. The van der Waals surface area contributed by atoms with Gasteiger partial charge in [-0.3, -0.25) is 0 Å². The number of aromatic carboxylic acids is 1. The van der Waals surface area contributed by atoms with Crippen molar-refractivity contribution in [3.8, 4) is 0 Å². The van der Waals surface area contributed by atoms with Crippen LogP contribution in [0.2, 0.25) is 0 Å². The van der Waals surface area contributed by atoms with Crippen molar-refractivity contribution in [2.75, 3.05) is 12.0 Å². The lowest BCUT2D eigenvalue weighted by Gasteiger charge is -2.13. The van der Waals surface area contributed by atoms with Gasteiger partial charge in [0.1, 0.15) is 10.6 Å². The van der Waals surface area contributed by atoms with E-state index in [0.29, 0.717) is 0 Å². The van der Waals surface area contributed by atoms with Crippen molar-refractivity contribution in [2.45, 2.75) is 44.2 Å². The molecule has 1 heterocycles. The Morgan fingerprint density at radius 1 is 1.43 bits per heavy atom. The molecule has 0 aliphatic heterocycles. The Morgan fingerprint density at radius 2 is 2.05 bits per heavy atom. The number of nitrogens with zero attached hydrogens (tertiary/aromatic N) is 1. The third kappa shape index (κ3) is 4.76. The zero-order valence-electron chi connectivity index (χ0n) is 12.7. The largest absolute Gasteiger partial charge is 0.477 e. The van der Waals surface area contributed by atoms with Crippen LogP contribution in [0.5, 0.6) is 0 Å². The van der Waals surface area contributed by atoms with Crippen LogP contribution in [-0.4, -0.2) is 42.1 Å². The van der Waals surface area contributed by atoms with Crippen molar-refractivity contribution in [1.29, 1.82) is 0 Å². The molecule has 1 rings (SSSR count). The molecule has 6 nitrogen and oxygen atoms in total. The van der Waals surface area contributed by atoms with Gasteiger partial charge in [-0.05, 0) is 45.3 Å². The summed E-state index contributed by atoms with van der Waals surface area (Å²) in [5.74, 6) is -0.280. The van der Waals surface area contributed by atoms with Crippen LogP contribution in [0.15, 0.2) is 17.2 Å². The highest BCUT2D eigenvalue weighted by Gasteiger charge is 2.23. The van der Waals surface area contributed by atoms with E-state index in [2.05, 4.69) is 4.72 Å². The van der Waals surface area contributed by atoms with Gasteiger partial charge in [0, 0.05) is 18.3 Å². The number of carbonyl (C=O) groups is 1. The molecule has 0 aliphatic rings. The average molecular weight is 334 g/mol.